The van der Waals surface area contributed by atoms with E-state index in [4.69, 9.17) is 11.6 Å². The van der Waals surface area contributed by atoms with Crippen molar-refractivity contribution in [1.29, 1.82) is 0 Å². The number of sulfonamides is 1. The molecule has 0 aromatic heterocycles. The second-order valence-electron chi connectivity index (χ2n) is 5.67. The minimum Gasteiger partial charge on any atom is -0.325 e. The van der Waals surface area contributed by atoms with Crippen LogP contribution in [0.4, 0.5) is 11.4 Å². The highest BCUT2D eigenvalue weighted by atomic mass is 35.5. The van der Waals surface area contributed by atoms with Crippen molar-refractivity contribution in [1.82, 2.24) is 0 Å². The first kappa shape index (κ1) is 20.6. The van der Waals surface area contributed by atoms with E-state index in [1.807, 2.05) is 31.2 Å². The highest BCUT2D eigenvalue weighted by molar-refractivity contribution is 7.99. The summed E-state index contributed by atoms with van der Waals surface area (Å²) in [7, 11) is -3.31. The van der Waals surface area contributed by atoms with Crippen molar-refractivity contribution >= 4 is 50.7 Å². The van der Waals surface area contributed by atoms with Gasteiger partial charge in [0.2, 0.25) is 15.9 Å². The predicted octanol–water partition coefficient (Wildman–Crippen LogP) is 4.36. The van der Waals surface area contributed by atoms with Crippen LogP contribution in [0.5, 0.6) is 0 Å². The maximum Gasteiger partial charge on any atom is 0.234 e. The lowest BCUT2D eigenvalue weighted by Crippen LogP contribution is -2.16. The van der Waals surface area contributed by atoms with Gasteiger partial charge in [0, 0.05) is 22.2 Å². The fourth-order valence-electron chi connectivity index (χ4n) is 2.16. The topological polar surface area (TPSA) is 75.3 Å². The average Bonchev–Trinajstić information content (AvgIpc) is 2.58. The van der Waals surface area contributed by atoms with Crippen molar-refractivity contribution in [2.75, 3.05) is 21.5 Å². The molecule has 0 heterocycles. The fourth-order valence-corrected chi connectivity index (χ4v) is 4.21. The van der Waals surface area contributed by atoms with E-state index in [1.54, 1.807) is 24.3 Å². The predicted molar refractivity (Wildman–Crippen MR) is 110 cm³/mol. The van der Waals surface area contributed by atoms with Gasteiger partial charge in [-0.1, -0.05) is 30.7 Å². The van der Waals surface area contributed by atoms with Crippen molar-refractivity contribution in [3.8, 4) is 0 Å². The first-order valence-electron chi connectivity index (χ1n) is 8.10. The number of thioether (sulfide) groups is 1. The van der Waals surface area contributed by atoms with Crippen LogP contribution in [0.2, 0.25) is 5.02 Å². The van der Waals surface area contributed by atoms with Gasteiger partial charge in [0.15, 0.2) is 0 Å². The lowest BCUT2D eigenvalue weighted by molar-refractivity contribution is -0.113. The molecule has 5 nitrogen and oxygen atoms in total. The van der Waals surface area contributed by atoms with Gasteiger partial charge in [-0.2, -0.15) is 0 Å². The minimum absolute atomic E-state index is 0.0797. The summed E-state index contributed by atoms with van der Waals surface area (Å²) in [6.07, 6.45) is 0.553. The average molecular weight is 413 g/mol. The summed E-state index contributed by atoms with van der Waals surface area (Å²) in [4.78, 5) is 12.0. The number of halogens is 1. The molecule has 0 radical (unpaired) electrons. The first-order chi connectivity index (χ1) is 12.4. The third-order valence-corrected chi connectivity index (χ3v) is 6.08. The van der Waals surface area contributed by atoms with Crippen molar-refractivity contribution in [3.05, 3.63) is 59.1 Å². The Morgan fingerprint density at radius 2 is 1.65 bits per heavy atom. The quantitative estimate of drug-likeness (QED) is 0.641. The van der Waals surface area contributed by atoms with Crippen LogP contribution in [0.25, 0.3) is 0 Å². The number of rotatable bonds is 9. The highest BCUT2D eigenvalue weighted by Crippen LogP contribution is 2.17. The Labute approximate surface area is 163 Å². The van der Waals surface area contributed by atoms with Crippen molar-refractivity contribution in [3.63, 3.8) is 0 Å². The van der Waals surface area contributed by atoms with Crippen molar-refractivity contribution in [2.45, 2.75) is 19.1 Å². The second-order valence-corrected chi connectivity index (χ2v) is 8.93. The molecule has 0 aliphatic carbocycles. The van der Waals surface area contributed by atoms with Crippen LogP contribution in [-0.4, -0.2) is 25.8 Å². The van der Waals surface area contributed by atoms with Gasteiger partial charge in [-0.15, -0.1) is 11.8 Å². The van der Waals surface area contributed by atoms with E-state index in [9.17, 15) is 13.2 Å². The van der Waals surface area contributed by atoms with E-state index < -0.39 is 10.0 Å². The largest absolute Gasteiger partial charge is 0.325 e. The summed E-state index contributed by atoms with van der Waals surface area (Å²) >= 11 is 7.35. The molecule has 0 fully saturated rings. The number of nitrogens with one attached hydrogen (secondary N) is 2. The Bertz CT molecular complexity index is 823. The number of carbonyl (C=O) groups excluding carboxylic acids is 1. The molecular formula is C18H21ClN2O3S2. The van der Waals surface area contributed by atoms with Gasteiger partial charge in [0.1, 0.15) is 0 Å². The molecule has 0 saturated carbocycles. The zero-order valence-corrected chi connectivity index (χ0v) is 16.8. The molecule has 0 bridgehead atoms. The third kappa shape index (κ3) is 7.27. The summed E-state index contributed by atoms with van der Waals surface area (Å²) in [6, 6.07) is 14.1. The standard InChI is InChI=1S/C18H21ClN2O3S2/c1-2-11-26(23,24)21-17-9-7-16(8-10-17)20-18(22)13-25-12-14-3-5-15(19)6-4-14/h3-10,21H,2,11-13H2,1H3,(H,20,22). The maximum atomic E-state index is 12.0. The third-order valence-electron chi connectivity index (χ3n) is 3.33. The Balaban J connectivity index is 1.79. The molecule has 2 N–H and O–H groups in total. The lowest BCUT2D eigenvalue weighted by atomic mass is 10.2. The number of amides is 1. The summed E-state index contributed by atoms with van der Waals surface area (Å²) in [5, 5.41) is 3.49. The van der Waals surface area contributed by atoms with Crippen LogP contribution < -0.4 is 10.0 Å². The molecule has 1 amide bonds. The van der Waals surface area contributed by atoms with Gasteiger partial charge in [-0.3, -0.25) is 9.52 Å². The number of hydrogen-bond acceptors (Lipinski definition) is 4. The van der Waals surface area contributed by atoms with E-state index in [0.29, 0.717) is 28.6 Å². The Hall–Kier alpha value is -1.70. The molecular weight excluding hydrogens is 392 g/mol. The van der Waals surface area contributed by atoms with Crippen LogP contribution in [-0.2, 0) is 20.6 Å². The van der Waals surface area contributed by atoms with Crippen molar-refractivity contribution < 1.29 is 13.2 Å². The monoisotopic (exact) mass is 412 g/mol. The van der Waals surface area contributed by atoms with Gasteiger partial charge in [0.05, 0.1) is 11.5 Å². The molecule has 2 aromatic rings. The zero-order valence-electron chi connectivity index (χ0n) is 14.4. The lowest BCUT2D eigenvalue weighted by Gasteiger charge is -2.09. The van der Waals surface area contributed by atoms with Crippen LogP contribution in [0, 0.1) is 0 Å². The molecule has 0 spiro atoms. The van der Waals surface area contributed by atoms with E-state index in [0.717, 1.165) is 11.3 Å². The van der Waals surface area contributed by atoms with Gasteiger partial charge < -0.3 is 5.32 Å². The molecule has 0 aliphatic rings. The number of hydrogen-bond donors (Lipinski definition) is 2. The van der Waals surface area contributed by atoms with Gasteiger partial charge >= 0.3 is 0 Å². The second kappa shape index (κ2) is 9.85. The fraction of sp³-hybridized carbons (Fsp3) is 0.278. The van der Waals surface area contributed by atoms with E-state index in [-0.39, 0.29) is 11.7 Å². The van der Waals surface area contributed by atoms with Crippen LogP contribution >= 0.6 is 23.4 Å². The van der Waals surface area contributed by atoms with Crippen LogP contribution in [0.3, 0.4) is 0 Å². The summed E-state index contributed by atoms with van der Waals surface area (Å²) in [5.74, 6) is 1.02. The molecule has 0 unspecified atom stereocenters. The Morgan fingerprint density at radius 1 is 1.04 bits per heavy atom. The highest BCUT2D eigenvalue weighted by Gasteiger charge is 2.09. The molecule has 2 aromatic carbocycles. The number of carbonyl (C=O) groups is 1. The van der Waals surface area contributed by atoms with Gasteiger partial charge in [-0.05, 0) is 48.4 Å². The molecule has 0 saturated heterocycles. The molecule has 0 aliphatic heterocycles. The van der Waals surface area contributed by atoms with Gasteiger partial charge in [-0.25, -0.2) is 8.42 Å². The zero-order chi connectivity index (χ0) is 19.0. The Morgan fingerprint density at radius 3 is 2.27 bits per heavy atom. The number of benzene rings is 2. The summed E-state index contributed by atoms with van der Waals surface area (Å²) in [5.41, 5.74) is 2.21. The normalized spacial score (nSPS) is 11.2. The smallest absolute Gasteiger partial charge is 0.234 e. The summed E-state index contributed by atoms with van der Waals surface area (Å²) < 4.78 is 26.0. The van der Waals surface area contributed by atoms with Crippen molar-refractivity contribution in [2.24, 2.45) is 0 Å². The van der Waals surface area contributed by atoms with Gasteiger partial charge in [0.25, 0.3) is 0 Å². The molecule has 0 atom stereocenters. The minimum atomic E-state index is -3.31. The van der Waals surface area contributed by atoms with E-state index in [2.05, 4.69) is 10.0 Å². The van der Waals surface area contributed by atoms with E-state index >= 15 is 0 Å². The molecule has 2 rings (SSSR count). The van der Waals surface area contributed by atoms with E-state index in [1.165, 1.54) is 11.8 Å². The number of anilines is 2. The molecule has 8 heteroatoms. The SMILES string of the molecule is CCCS(=O)(=O)Nc1ccc(NC(=O)CSCc2ccc(Cl)cc2)cc1. The molecule has 26 heavy (non-hydrogen) atoms. The van der Waals surface area contributed by atoms with Crippen LogP contribution in [0.1, 0.15) is 18.9 Å². The van der Waals surface area contributed by atoms with Crippen LogP contribution in [0.15, 0.2) is 48.5 Å². The first-order valence-corrected chi connectivity index (χ1v) is 11.3. The maximum absolute atomic E-state index is 12.0. The Kier molecular flexibility index (Phi) is 7.81. The molecule has 140 valence electrons. The summed E-state index contributed by atoms with van der Waals surface area (Å²) in [6.45, 7) is 1.81.